The third-order valence-corrected chi connectivity index (χ3v) is 3.92. The summed E-state index contributed by atoms with van der Waals surface area (Å²) in [6, 6.07) is 7.08. The fourth-order valence-electron chi connectivity index (χ4n) is 2.42. The molecule has 24 heavy (non-hydrogen) atoms. The monoisotopic (exact) mass is 334 g/mol. The van der Waals surface area contributed by atoms with Gasteiger partial charge in [0.25, 0.3) is 0 Å². The lowest BCUT2D eigenvalue weighted by molar-refractivity contribution is -0.133. The van der Waals surface area contributed by atoms with Crippen LogP contribution in [0.3, 0.4) is 0 Å². The predicted octanol–water partition coefficient (Wildman–Crippen LogP) is 1.90. The van der Waals surface area contributed by atoms with Gasteiger partial charge in [0, 0.05) is 6.42 Å². The molecule has 0 spiro atoms. The first kappa shape index (κ1) is 20.2. The summed E-state index contributed by atoms with van der Waals surface area (Å²) in [7, 11) is 0. The van der Waals surface area contributed by atoms with Gasteiger partial charge in [-0.15, -0.1) is 0 Å². The molecule has 0 heterocycles. The van der Waals surface area contributed by atoms with Crippen molar-refractivity contribution in [3.63, 3.8) is 0 Å². The standard InChI is InChI=1S/C19H30N2O3/c1-12(2)10-16(22)18(24)21-15(17(20)23)11-13-6-8-14(9-7-13)19(3,4)5/h6-9,12,15-16,22H,10-11H2,1-5H3,(H2,20,23)(H,21,24)/t15-,16+/m0/s1. The summed E-state index contributed by atoms with van der Waals surface area (Å²) < 4.78 is 0. The molecule has 0 aliphatic heterocycles. The molecule has 1 rings (SSSR count). The Balaban J connectivity index is 2.76. The molecular weight excluding hydrogens is 304 g/mol. The van der Waals surface area contributed by atoms with Gasteiger partial charge in [0.1, 0.15) is 12.1 Å². The topological polar surface area (TPSA) is 92.4 Å². The quantitative estimate of drug-likeness (QED) is 0.711. The predicted molar refractivity (Wildman–Crippen MR) is 95.4 cm³/mol. The number of amides is 2. The minimum atomic E-state index is -1.13. The van der Waals surface area contributed by atoms with E-state index >= 15 is 0 Å². The molecule has 5 heteroatoms. The smallest absolute Gasteiger partial charge is 0.249 e. The molecular formula is C19H30N2O3. The van der Waals surface area contributed by atoms with Crippen LogP contribution < -0.4 is 11.1 Å². The van der Waals surface area contributed by atoms with Crippen LogP contribution in [0.15, 0.2) is 24.3 Å². The zero-order valence-corrected chi connectivity index (χ0v) is 15.3. The van der Waals surface area contributed by atoms with Gasteiger partial charge < -0.3 is 16.2 Å². The summed E-state index contributed by atoms with van der Waals surface area (Å²) >= 11 is 0. The van der Waals surface area contributed by atoms with Crippen molar-refractivity contribution >= 4 is 11.8 Å². The Morgan fingerprint density at radius 2 is 1.71 bits per heavy atom. The van der Waals surface area contributed by atoms with Gasteiger partial charge >= 0.3 is 0 Å². The first-order valence-corrected chi connectivity index (χ1v) is 8.38. The molecule has 0 bridgehead atoms. The highest BCUT2D eigenvalue weighted by Crippen LogP contribution is 2.22. The largest absolute Gasteiger partial charge is 0.383 e. The van der Waals surface area contributed by atoms with Gasteiger partial charge in [-0.2, -0.15) is 0 Å². The van der Waals surface area contributed by atoms with Crippen molar-refractivity contribution in [3.8, 4) is 0 Å². The number of hydrogen-bond acceptors (Lipinski definition) is 3. The number of rotatable bonds is 7. The van der Waals surface area contributed by atoms with Gasteiger partial charge in [-0.1, -0.05) is 58.9 Å². The van der Waals surface area contributed by atoms with E-state index in [9.17, 15) is 14.7 Å². The first-order chi connectivity index (χ1) is 11.0. The van der Waals surface area contributed by atoms with E-state index in [1.807, 2.05) is 38.1 Å². The lowest BCUT2D eigenvalue weighted by Gasteiger charge is -2.21. The normalized spacial score (nSPS) is 14.3. The Morgan fingerprint density at radius 1 is 1.17 bits per heavy atom. The molecule has 0 unspecified atom stereocenters. The summed E-state index contributed by atoms with van der Waals surface area (Å²) in [6.45, 7) is 10.2. The maximum Gasteiger partial charge on any atom is 0.249 e. The van der Waals surface area contributed by atoms with Crippen LogP contribution in [-0.4, -0.2) is 29.1 Å². The van der Waals surface area contributed by atoms with Crippen LogP contribution in [0.25, 0.3) is 0 Å². The van der Waals surface area contributed by atoms with E-state index < -0.39 is 24.0 Å². The fraction of sp³-hybridized carbons (Fsp3) is 0.579. The highest BCUT2D eigenvalue weighted by molar-refractivity contribution is 5.88. The molecule has 4 N–H and O–H groups in total. The Hall–Kier alpha value is -1.88. The van der Waals surface area contributed by atoms with Crippen LogP contribution >= 0.6 is 0 Å². The summed E-state index contributed by atoms with van der Waals surface area (Å²) in [5.41, 5.74) is 7.55. The van der Waals surface area contributed by atoms with Gasteiger partial charge in [-0.3, -0.25) is 9.59 Å². The van der Waals surface area contributed by atoms with Gasteiger partial charge in [0.05, 0.1) is 0 Å². The zero-order valence-electron chi connectivity index (χ0n) is 15.3. The minimum absolute atomic E-state index is 0.0524. The van der Waals surface area contributed by atoms with Crippen LogP contribution in [-0.2, 0) is 21.4 Å². The minimum Gasteiger partial charge on any atom is -0.383 e. The number of nitrogens with two attached hydrogens (primary N) is 1. The van der Waals surface area contributed by atoms with Crippen LogP contribution in [0.2, 0.25) is 0 Å². The van der Waals surface area contributed by atoms with E-state index in [0.29, 0.717) is 12.8 Å². The highest BCUT2D eigenvalue weighted by Gasteiger charge is 2.23. The average molecular weight is 334 g/mol. The highest BCUT2D eigenvalue weighted by atomic mass is 16.3. The number of carbonyl (C=O) groups is 2. The lowest BCUT2D eigenvalue weighted by Crippen LogP contribution is -2.49. The summed E-state index contributed by atoms with van der Waals surface area (Å²) in [6.07, 6.45) is -0.479. The van der Waals surface area contributed by atoms with Gasteiger partial charge in [0.2, 0.25) is 11.8 Å². The maximum atomic E-state index is 12.0. The van der Waals surface area contributed by atoms with Crippen LogP contribution in [0.4, 0.5) is 0 Å². The van der Waals surface area contributed by atoms with Crippen molar-refractivity contribution in [2.75, 3.05) is 0 Å². The van der Waals surface area contributed by atoms with E-state index in [-0.39, 0.29) is 11.3 Å². The van der Waals surface area contributed by atoms with E-state index in [2.05, 4.69) is 26.1 Å². The zero-order chi connectivity index (χ0) is 18.5. The van der Waals surface area contributed by atoms with Crippen molar-refractivity contribution < 1.29 is 14.7 Å². The second-order valence-electron chi connectivity index (χ2n) is 7.76. The van der Waals surface area contributed by atoms with Gasteiger partial charge in [-0.05, 0) is 28.9 Å². The molecule has 0 aliphatic rings. The lowest BCUT2D eigenvalue weighted by atomic mass is 9.86. The van der Waals surface area contributed by atoms with Crippen molar-refractivity contribution in [3.05, 3.63) is 35.4 Å². The maximum absolute atomic E-state index is 12.0. The molecule has 2 atom stereocenters. The van der Waals surface area contributed by atoms with E-state index in [1.54, 1.807) is 0 Å². The average Bonchev–Trinajstić information content (AvgIpc) is 2.45. The summed E-state index contributed by atoms with van der Waals surface area (Å²) in [4.78, 5) is 23.6. The molecule has 0 fully saturated rings. The fourth-order valence-corrected chi connectivity index (χ4v) is 2.42. The second-order valence-corrected chi connectivity index (χ2v) is 7.76. The number of aliphatic hydroxyl groups is 1. The molecule has 134 valence electrons. The molecule has 5 nitrogen and oxygen atoms in total. The SMILES string of the molecule is CC(C)C[C@@H](O)C(=O)N[C@@H](Cc1ccc(C(C)(C)C)cc1)C(N)=O. The Labute approximate surface area is 144 Å². The van der Waals surface area contributed by atoms with Gasteiger partial charge in [0.15, 0.2) is 0 Å². The molecule has 0 aromatic heterocycles. The third kappa shape index (κ3) is 6.32. The Kier molecular flexibility index (Phi) is 6.96. The molecule has 1 aromatic rings. The number of primary amides is 1. The number of aliphatic hydroxyl groups excluding tert-OH is 1. The Bertz CT molecular complexity index is 559. The molecule has 0 saturated carbocycles. The Morgan fingerprint density at radius 3 is 2.12 bits per heavy atom. The molecule has 0 saturated heterocycles. The number of nitrogens with one attached hydrogen (secondary N) is 1. The van der Waals surface area contributed by atoms with Crippen LogP contribution in [0.5, 0.6) is 0 Å². The van der Waals surface area contributed by atoms with Crippen molar-refractivity contribution in [2.45, 2.75) is 65.0 Å². The van der Waals surface area contributed by atoms with E-state index in [4.69, 9.17) is 5.73 Å². The molecule has 2 amide bonds. The van der Waals surface area contributed by atoms with Crippen LogP contribution in [0, 0.1) is 5.92 Å². The third-order valence-electron chi connectivity index (χ3n) is 3.92. The number of hydrogen-bond donors (Lipinski definition) is 3. The second kappa shape index (κ2) is 8.29. The van der Waals surface area contributed by atoms with Crippen molar-refractivity contribution in [2.24, 2.45) is 11.7 Å². The number of benzene rings is 1. The first-order valence-electron chi connectivity index (χ1n) is 8.38. The number of carbonyl (C=O) groups excluding carboxylic acids is 2. The molecule has 1 aromatic carbocycles. The van der Waals surface area contributed by atoms with Gasteiger partial charge in [-0.25, -0.2) is 0 Å². The van der Waals surface area contributed by atoms with Crippen molar-refractivity contribution in [1.82, 2.24) is 5.32 Å². The van der Waals surface area contributed by atoms with E-state index in [0.717, 1.165) is 5.56 Å². The summed E-state index contributed by atoms with van der Waals surface area (Å²) in [5.74, 6) is -0.985. The van der Waals surface area contributed by atoms with Crippen LogP contribution in [0.1, 0.15) is 52.2 Å². The molecule has 0 aliphatic carbocycles. The van der Waals surface area contributed by atoms with Crippen molar-refractivity contribution in [1.29, 1.82) is 0 Å². The summed E-state index contributed by atoms with van der Waals surface area (Å²) in [5, 5.41) is 12.4. The van der Waals surface area contributed by atoms with E-state index in [1.165, 1.54) is 5.56 Å². The molecule has 0 radical (unpaired) electrons.